The van der Waals surface area contributed by atoms with Crippen LogP contribution in [-0.2, 0) is 4.74 Å². The lowest BCUT2D eigenvalue weighted by Crippen LogP contribution is -2.45. The molecule has 3 rings (SSSR count). The van der Waals surface area contributed by atoms with Gasteiger partial charge in [-0.2, -0.15) is 0 Å². The minimum absolute atomic E-state index is 0.140. The average Bonchev–Trinajstić information content (AvgIpc) is 2.68. The van der Waals surface area contributed by atoms with Crippen LogP contribution in [-0.4, -0.2) is 36.1 Å². The SMILES string of the molecule is O=C(c1ccc(I)cc1)N1CC2CCC(C1)O2. The Bertz CT molecular complexity index is 420. The number of nitrogens with zero attached hydrogens (tertiary/aromatic N) is 1. The normalized spacial score (nSPS) is 27.2. The van der Waals surface area contributed by atoms with E-state index in [1.54, 1.807) is 0 Å². The van der Waals surface area contributed by atoms with Gasteiger partial charge in [0.05, 0.1) is 12.2 Å². The summed E-state index contributed by atoms with van der Waals surface area (Å²) in [6.07, 6.45) is 2.73. The molecule has 2 bridgehead atoms. The standard InChI is InChI=1S/C13H14INO2/c14-10-3-1-9(2-4-10)13(16)15-7-11-5-6-12(8-15)17-11/h1-4,11-12H,5-8H2. The summed E-state index contributed by atoms with van der Waals surface area (Å²) >= 11 is 2.25. The highest BCUT2D eigenvalue weighted by molar-refractivity contribution is 14.1. The third-order valence-corrected chi connectivity index (χ3v) is 4.14. The molecule has 3 nitrogen and oxygen atoms in total. The molecule has 0 N–H and O–H groups in total. The lowest BCUT2D eigenvalue weighted by molar-refractivity contribution is -0.0303. The molecule has 2 atom stereocenters. The Labute approximate surface area is 114 Å². The van der Waals surface area contributed by atoms with Crippen LogP contribution in [0.5, 0.6) is 0 Å². The Morgan fingerprint density at radius 3 is 2.35 bits per heavy atom. The molecule has 0 aromatic heterocycles. The molecule has 0 radical (unpaired) electrons. The van der Waals surface area contributed by atoms with Gasteiger partial charge in [0, 0.05) is 22.2 Å². The van der Waals surface area contributed by atoms with E-state index in [-0.39, 0.29) is 18.1 Å². The smallest absolute Gasteiger partial charge is 0.254 e. The van der Waals surface area contributed by atoms with E-state index in [1.165, 1.54) is 0 Å². The highest BCUT2D eigenvalue weighted by atomic mass is 127. The van der Waals surface area contributed by atoms with E-state index < -0.39 is 0 Å². The first-order valence-electron chi connectivity index (χ1n) is 5.92. The van der Waals surface area contributed by atoms with Crippen molar-refractivity contribution >= 4 is 28.5 Å². The maximum atomic E-state index is 12.3. The molecule has 2 aliphatic rings. The molecule has 1 amide bonds. The number of rotatable bonds is 1. The Morgan fingerprint density at radius 1 is 1.18 bits per heavy atom. The van der Waals surface area contributed by atoms with E-state index in [2.05, 4.69) is 22.6 Å². The molecule has 0 aliphatic carbocycles. The first-order valence-corrected chi connectivity index (χ1v) is 7.00. The fraction of sp³-hybridized carbons (Fsp3) is 0.462. The van der Waals surface area contributed by atoms with Crippen LogP contribution in [0, 0.1) is 3.57 Å². The zero-order valence-electron chi connectivity index (χ0n) is 9.43. The van der Waals surface area contributed by atoms with Gasteiger partial charge in [-0.25, -0.2) is 0 Å². The van der Waals surface area contributed by atoms with E-state index in [0.29, 0.717) is 0 Å². The van der Waals surface area contributed by atoms with Gasteiger partial charge >= 0.3 is 0 Å². The van der Waals surface area contributed by atoms with Gasteiger partial charge in [0.15, 0.2) is 0 Å². The number of likely N-dealkylation sites (tertiary alicyclic amines) is 1. The van der Waals surface area contributed by atoms with Crippen molar-refractivity contribution in [2.45, 2.75) is 25.0 Å². The number of hydrogen-bond acceptors (Lipinski definition) is 2. The second kappa shape index (κ2) is 4.57. The fourth-order valence-corrected chi connectivity index (χ4v) is 2.92. The number of morpholine rings is 1. The quantitative estimate of drug-likeness (QED) is 0.733. The van der Waals surface area contributed by atoms with Crippen LogP contribution in [0.3, 0.4) is 0 Å². The van der Waals surface area contributed by atoms with E-state index in [4.69, 9.17) is 4.74 Å². The Balaban J connectivity index is 1.76. The minimum Gasteiger partial charge on any atom is -0.371 e. The van der Waals surface area contributed by atoms with Gasteiger partial charge in [0.25, 0.3) is 5.91 Å². The van der Waals surface area contributed by atoms with Crippen molar-refractivity contribution in [1.29, 1.82) is 0 Å². The van der Waals surface area contributed by atoms with Gasteiger partial charge in [0.1, 0.15) is 0 Å². The fourth-order valence-electron chi connectivity index (χ4n) is 2.56. The number of fused-ring (bicyclic) bond motifs is 2. The van der Waals surface area contributed by atoms with Gasteiger partial charge in [-0.1, -0.05) is 0 Å². The lowest BCUT2D eigenvalue weighted by atomic mass is 10.2. The summed E-state index contributed by atoms with van der Waals surface area (Å²) in [4.78, 5) is 14.2. The maximum Gasteiger partial charge on any atom is 0.254 e. The zero-order chi connectivity index (χ0) is 11.8. The average molecular weight is 343 g/mol. The van der Waals surface area contributed by atoms with Crippen LogP contribution in [0.25, 0.3) is 0 Å². The van der Waals surface area contributed by atoms with Crippen LogP contribution in [0.15, 0.2) is 24.3 Å². The van der Waals surface area contributed by atoms with Crippen molar-refractivity contribution in [3.05, 3.63) is 33.4 Å². The van der Waals surface area contributed by atoms with Crippen molar-refractivity contribution < 1.29 is 9.53 Å². The topological polar surface area (TPSA) is 29.5 Å². The third-order valence-electron chi connectivity index (χ3n) is 3.42. The molecular weight excluding hydrogens is 329 g/mol. The number of amides is 1. The van der Waals surface area contributed by atoms with E-state index in [9.17, 15) is 4.79 Å². The molecule has 1 aromatic rings. The van der Waals surface area contributed by atoms with E-state index in [1.807, 2.05) is 29.2 Å². The summed E-state index contributed by atoms with van der Waals surface area (Å²) in [7, 11) is 0. The van der Waals surface area contributed by atoms with E-state index in [0.717, 1.165) is 35.1 Å². The number of halogens is 1. The van der Waals surface area contributed by atoms with Gasteiger partial charge in [-0.15, -0.1) is 0 Å². The molecule has 17 heavy (non-hydrogen) atoms. The molecule has 2 aliphatic heterocycles. The second-order valence-corrected chi connectivity index (χ2v) is 5.92. The summed E-state index contributed by atoms with van der Waals surface area (Å²) < 4.78 is 6.89. The zero-order valence-corrected chi connectivity index (χ0v) is 11.6. The first kappa shape index (κ1) is 11.5. The molecule has 2 heterocycles. The monoisotopic (exact) mass is 343 g/mol. The summed E-state index contributed by atoms with van der Waals surface area (Å²) in [5.74, 6) is 0.140. The molecule has 2 fully saturated rings. The minimum atomic E-state index is 0.140. The van der Waals surface area contributed by atoms with Gasteiger partial charge < -0.3 is 9.64 Å². The van der Waals surface area contributed by atoms with Crippen molar-refractivity contribution in [3.8, 4) is 0 Å². The van der Waals surface area contributed by atoms with Crippen LogP contribution in [0.1, 0.15) is 23.2 Å². The lowest BCUT2D eigenvalue weighted by Gasteiger charge is -2.32. The number of benzene rings is 1. The van der Waals surface area contributed by atoms with Gasteiger partial charge in [-0.3, -0.25) is 4.79 Å². The predicted octanol–water partition coefficient (Wildman–Crippen LogP) is 2.29. The summed E-state index contributed by atoms with van der Waals surface area (Å²) in [5, 5.41) is 0. The molecular formula is C13H14INO2. The van der Waals surface area contributed by atoms with Crippen LogP contribution >= 0.6 is 22.6 Å². The molecule has 1 aromatic carbocycles. The number of carbonyl (C=O) groups is 1. The predicted molar refractivity (Wildman–Crippen MR) is 73.0 cm³/mol. The number of ether oxygens (including phenoxy) is 1. The van der Waals surface area contributed by atoms with Gasteiger partial charge in [-0.05, 0) is 59.7 Å². The summed E-state index contributed by atoms with van der Waals surface area (Å²) in [6, 6.07) is 7.76. The molecule has 90 valence electrons. The molecule has 0 spiro atoms. The largest absolute Gasteiger partial charge is 0.371 e. The molecule has 2 saturated heterocycles. The number of hydrogen-bond donors (Lipinski definition) is 0. The highest BCUT2D eigenvalue weighted by Gasteiger charge is 2.35. The summed E-state index contributed by atoms with van der Waals surface area (Å²) in [6.45, 7) is 1.50. The summed E-state index contributed by atoms with van der Waals surface area (Å²) in [5.41, 5.74) is 0.784. The Hall–Kier alpha value is -0.620. The molecule has 2 unspecified atom stereocenters. The Morgan fingerprint density at radius 2 is 1.76 bits per heavy atom. The maximum absolute atomic E-state index is 12.3. The van der Waals surface area contributed by atoms with Crippen LogP contribution in [0.4, 0.5) is 0 Å². The van der Waals surface area contributed by atoms with Gasteiger partial charge in [0.2, 0.25) is 0 Å². The van der Waals surface area contributed by atoms with Crippen molar-refractivity contribution in [1.82, 2.24) is 4.90 Å². The molecule has 4 heteroatoms. The van der Waals surface area contributed by atoms with Crippen LogP contribution in [0.2, 0.25) is 0 Å². The Kier molecular flexibility index (Phi) is 3.08. The first-order chi connectivity index (χ1) is 8.22. The number of carbonyl (C=O) groups excluding carboxylic acids is 1. The third kappa shape index (κ3) is 2.33. The highest BCUT2D eigenvalue weighted by Crippen LogP contribution is 2.27. The second-order valence-electron chi connectivity index (χ2n) is 4.67. The molecule has 0 saturated carbocycles. The van der Waals surface area contributed by atoms with Crippen LogP contribution < -0.4 is 0 Å². The van der Waals surface area contributed by atoms with Crippen molar-refractivity contribution in [2.24, 2.45) is 0 Å². The van der Waals surface area contributed by atoms with Crippen molar-refractivity contribution in [2.75, 3.05) is 13.1 Å². The van der Waals surface area contributed by atoms with Crippen molar-refractivity contribution in [3.63, 3.8) is 0 Å². The van der Waals surface area contributed by atoms with E-state index >= 15 is 0 Å².